The van der Waals surface area contributed by atoms with Gasteiger partial charge < -0.3 is 19.5 Å². The molecule has 37 heavy (non-hydrogen) atoms. The maximum Gasteiger partial charge on any atom is 0.318 e. The molecule has 0 unspecified atom stereocenters. The molecular formula is C24H26Br2N4O7. The minimum absolute atomic E-state index is 0.0661. The maximum absolute atomic E-state index is 12.4. The van der Waals surface area contributed by atoms with Crippen molar-refractivity contribution in [2.75, 3.05) is 38.4 Å². The third-order valence-corrected chi connectivity index (χ3v) is 7.70. The standard InChI is InChI=1S/C13H15BrN2O5.C11H11BrN2O2/c1-2-21-12(17)13(3-5-20-6-4-13)11-10(16(18)19)7-9(14)8-15-11;12-7-5-8-9(13-6-7)11(10(15)14-8)1-3-16-4-2-11/h7-8H,2-6H2,1H3;5-6H,1-4H2,(H,14,15). The second-order valence-electron chi connectivity index (χ2n) is 8.89. The molecule has 13 heteroatoms. The molecule has 0 aliphatic carbocycles. The number of fused-ring (bicyclic) bond motifs is 2. The lowest BCUT2D eigenvalue weighted by Gasteiger charge is -2.33. The summed E-state index contributed by atoms with van der Waals surface area (Å²) in [5.74, 6) is -0.414. The van der Waals surface area contributed by atoms with Gasteiger partial charge in [0.2, 0.25) is 5.91 Å². The predicted octanol–water partition coefficient (Wildman–Crippen LogP) is 4.21. The van der Waals surface area contributed by atoms with Crippen LogP contribution in [0.5, 0.6) is 0 Å². The molecule has 1 N–H and O–H groups in total. The maximum atomic E-state index is 12.4. The number of carbonyl (C=O) groups is 2. The van der Waals surface area contributed by atoms with Crippen LogP contribution in [0.4, 0.5) is 11.4 Å². The second-order valence-corrected chi connectivity index (χ2v) is 10.7. The molecule has 2 aromatic heterocycles. The van der Waals surface area contributed by atoms with Crippen LogP contribution in [0.2, 0.25) is 0 Å². The molecule has 2 saturated heterocycles. The van der Waals surface area contributed by atoms with E-state index in [1.807, 2.05) is 6.07 Å². The molecule has 5 heterocycles. The lowest BCUT2D eigenvalue weighted by molar-refractivity contribution is -0.386. The fourth-order valence-electron chi connectivity index (χ4n) is 4.91. The average molecular weight is 642 g/mol. The zero-order valence-corrected chi connectivity index (χ0v) is 23.3. The number of nitrogens with zero attached hydrogens (tertiary/aromatic N) is 3. The van der Waals surface area contributed by atoms with Crippen LogP contribution >= 0.6 is 31.9 Å². The number of carbonyl (C=O) groups excluding carboxylic acids is 2. The van der Waals surface area contributed by atoms with E-state index in [0.717, 1.165) is 28.7 Å². The van der Waals surface area contributed by atoms with Gasteiger partial charge in [-0.1, -0.05) is 0 Å². The molecule has 2 fully saturated rings. The molecule has 0 bridgehead atoms. The molecule has 1 spiro atoms. The molecule has 3 aliphatic rings. The quantitative estimate of drug-likeness (QED) is 0.295. The van der Waals surface area contributed by atoms with Gasteiger partial charge in [-0.2, -0.15) is 0 Å². The van der Waals surface area contributed by atoms with E-state index in [0.29, 0.717) is 43.7 Å². The molecular weight excluding hydrogens is 616 g/mol. The molecule has 0 saturated carbocycles. The largest absolute Gasteiger partial charge is 0.465 e. The number of rotatable bonds is 4. The topological polar surface area (TPSA) is 143 Å². The Bertz CT molecular complexity index is 1200. The van der Waals surface area contributed by atoms with E-state index in [2.05, 4.69) is 47.1 Å². The summed E-state index contributed by atoms with van der Waals surface area (Å²) in [7, 11) is 0. The van der Waals surface area contributed by atoms with E-state index in [1.54, 1.807) is 13.1 Å². The van der Waals surface area contributed by atoms with E-state index >= 15 is 0 Å². The highest BCUT2D eigenvalue weighted by atomic mass is 79.9. The van der Waals surface area contributed by atoms with Crippen LogP contribution < -0.4 is 5.32 Å². The van der Waals surface area contributed by atoms with Gasteiger partial charge in [-0.3, -0.25) is 29.7 Å². The molecule has 0 atom stereocenters. The van der Waals surface area contributed by atoms with Crippen LogP contribution in [0.1, 0.15) is 44.0 Å². The zero-order valence-electron chi connectivity index (χ0n) is 20.1. The van der Waals surface area contributed by atoms with Gasteiger partial charge in [0, 0.05) is 53.8 Å². The van der Waals surface area contributed by atoms with Crippen molar-refractivity contribution in [2.24, 2.45) is 0 Å². The first-order valence-electron chi connectivity index (χ1n) is 11.8. The molecule has 0 radical (unpaired) electrons. The second kappa shape index (κ2) is 11.5. The Labute approximate surface area is 230 Å². The number of nitrogens with one attached hydrogen (secondary N) is 1. The summed E-state index contributed by atoms with van der Waals surface area (Å²) in [4.78, 5) is 43.9. The number of ether oxygens (including phenoxy) is 3. The van der Waals surface area contributed by atoms with E-state index < -0.39 is 21.7 Å². The van der Waals surface area contributed by atoms with E-state index in [9.17, 15) is 19.7 Å². The number of hydrogen-bond acceptors (Lipinski definition) is 9. The minimum Gasteiger partial charge on any atom is -0.465 e. The highest BCUT2D eigenvalue weighted by molar-refractivity contribution is 9.10. The first kappa shape index (κ1) is 27.6. The van der Waals surface area contributed by atoms with Gasteiger partial charge in [-0.05, 0) is 70.5 Å². The van der Waals surface area contributed by atoms with Gasteiger partial charge in [0.15, 0.2) is 0 Å². The Hall–Kier alpha value is -2.48. The van der Waals surface area contributed by atoms with Gasteiger partial charge in [0.25, 0.3) is 5.69 Å². The summed E-state index contributed by atoms with van der Waals surface area (Å²) in [5.41, 5.74) is 0.119. The highest BCUT2D eigenvalue weighted by Crippen LogP contribution is 2.44. The molecule has 5 rings (SSSR count). The number of amides is 1. The van der Waals surface area contributed by atoms with Crippen molar-refractivity contribution in [3.8, 4) is 0 Å². The fraction of sp³-hybridized carbons (Fsp3) is 0.500. The summed E-state index contributed by atoms with van der Waals surface area (Å²) in [6.07, 6.45) is 5.29. The van der Waals surface area contributed by atoms with Crippen molar-refractivity contribution in [2.45, 2.75) is 43.4 Å². The molecule has 198 valence electrons. The number of hydrogen-bond donors (Lipinski definition) is 1. The summed E-state index contributed by atoms with van der Waals surface area (Å²) < 4.78 is 17.1. The average Bonchev–Trinajstić information content (AvgIpc) is 3.14. The SMILES string of the molecule is CCOC(=O)C1(c2ncc(Br)cc2[N+](=O)[O-])CCOCC1.O=C1Nc2cc(Br)cnc2C12CCOCC2. The number of aromatic nitrogens is 2. The van der Waals surface area contributed by atoms with Gasteiger partial charge in [0.05, 0.1) is 28.3 Å². The lowest BCUT2D eigenvalue weighted by Crippen LogP contribution is -2.43. The number of nitro groups is 1. The van der Waals surface area contributed by atoms with Gasteiger partial charge in [-0.15, -0.1) is 0 Å². The lowest BCUT2D eigenvalue weighted by atomic mass is 9.76. The van der Waals surface area contributed by atoms with E-state index in [-0.39, 0.29) is 23.9 Å². The summed E-state index contributed by atoms with van der Waals surface area (Å²) in [6, 6.07) is 3.27. The Morgan fingerprint density at radius 3 is 2.22 bits per heavy atom. The normalized spacial score (nSPS) is 19.3. The van der Waals surface area contributed by atoms with Crippen LogP contribution in [-0.4, -0.2) is 59.8 Å². The molecule has 3 aliphatic heterocycles. The van der Waals surface area contributed by atoms with Crippen molar-refractivity contribution in [3.63, 3.8) is 0 Å². The molecule has 1 amide bonds. The Morgan fingerprint density at radius 2 is 1.62 bits per heavy atom. The summed E-state index contributed by atoms with van der Waals surface area (Å²) in [5, 5.41) is 14.2. The summed E-state index contributed by atoms with van der Waals surface area (Å²) in [6.45, 7) is 3.86. The smallest absolute Gasteiger partial charge is 0.318 e. The minimum atomic E-state index is -1.11. The van der Waals surface area contributed by atoms with Crippen molar-refractivity contribution >= 4 is 55.1 Å². The van der Waals surface area contributed by atoms with Crippen LogP contribution in [-0.2, 0) is 34.6 Å². The number of halogens is 2. The number of anilines is 1. The van der Waals surface area contributed by atoms with E-state index in [1.165, 1.54) is 12.3 Å². The van der Waals surface area contributed by atoms with Crippen molar-refractivity contribution < 1.29 is 28.7 Å². The first-order chi connectivity index (χ1) is 17.7. The van der Waals surface area contributed by atoms with Crippen LogP contribution in [0.3, 0.4) is 0 Å². The first-order valence-corrected chi connectivity index (χ1v) is 13.4. The third-order valence-electron chi connectivity index (χ3n) is 6.83. The van der Waals surface area contributed by atoms with Crippen LogP contribution in [0, 0.1) is 10.1 Å². The zero-order chi connectivity index (χ0) is 26.6. The Balaban J connectivity index is 0.000000179. The fourth-order valence-corrected chi connectivity index (χ4v) is 5.56. The van der Waals surface area contributed by atoms with Crippen LogP contribution in [0.15, 0.2) is 33.5 Å². The van der Waals surface area contributed by atoms with Gasteiger partial charge in [0.1, 0.15) is 11.1 Å². The Morgan fingerprint density at radius 1 is 1.05 bits per heavy atom. The van der Waals surface area contributed by atoms with Gasteiger partial charge >= 0.3 is 5.97 Å². The van der Waals surface area contributed by atoms with Gasteiger partial charge in [-0.25, -0.2) is 0 Å². The Kier molecular flexibility index (Phi) is 8.56. The molecule has 2 aromatic rings. The highest BCUT2D eigenvalue weighted by Gasteiger charge is 2.49. The predicted molar refractivity (Wildman–Crippen MR) is 139 cm³/mol. The molecule has 11 nitrogen and oxygen atoms in total. The van der Waals surface area contributed by atoms with Crippen molar-refractivity contribution in [1.29, 1.82) is 0 Å². The van der Waals surface area contributed by atoms with Crippen LogP contribution in [0.25, 0.3) is 0 Å². The van der Waals surface area contributed by atoms with E-state index in [4.69, 9.17) is 14.2 Å². The number of esters is 1. The van der Waals surface area contributed by atoms with Crippen molar-refractivity contribution in [3.05, 3.63) is 55.0 Å². The molecule has 0 aromatic carbocycles. The third kappa shape index (κ3) is 5.40. The summed E-state index contributed by atoms with van der Waals surface area (Å²) >= 11 is 6.52. The number of pyridine rings is 2. The van der Waals surface area contributed by atoms with Crippen molar-refractivity contribution in [1.82, 2.24) is 9.97 Å². The monoisotopic (exact) mass is 640 g/mol.